The van der Waals surface area contributed by atoms with Crippen LogP contribution in [-0.4, -0.2) is 9.91 Å². The Bertz CT molecular complexity index is 1740. The van der Waals surface area contributed by atoms with E-state index in [9.17, 15) is 10.1 Å². The maximum atomic E-state index is 12.3. The summed E-state index contributed by atoms with van der Waals surface area (Å²) in [5.74, 6) is 0.224. The van der Waals surface area contributed by atoms with E-state index in [0.717, 1.165) is 27.9 Å². The standard InChI is InChI=1S/C43H57N3O2/c1-39(2,3)27-18-20-34(42(10,11)12)30(23-27)32-25-29(41(7,8)9)26-33(37(32)45-38-36(46(47)48)17-16-22-44-38)31-24-28(40(4,5)6)19-21-35(31)43(13,14)15/h16-26H,1-15H3,(H,44,45). The van der Waals surface area contributed by atoms with Crippen LogP contribution in [0.15, 0.2) is 66.9 Å². The first kappa shape index (κ1) is 36.8. The second-order valence-electron chi connectivity index (χ2n) is 18.5. The molecule has 0 aliphatic rings. The molecule has 0 unspecified atom stereocenters. The molecular weight excluding hydrogens is 590 g/mol. The van der Waals surface area contributed by atoms with Gasteiger partial charge in [0, 0.05) is 23.4 Å². The average molecular weight is 648 g/mol. The van der Waals surface area contributed by atoms with Crippen molar-refractivity contribution in [3.05, 3.63) is 105 Å². The second kappa shape index (κ2) is 12.5. The van der Waals surface area contributed by atoms with Crippen molar-refractivity contribution in [1.82, 2.24) is 4.98 Å². The van der Waals surface area contributed by atoms with Crippen molar-refractivity contribution in [2.24, 2.45) is 0 Å². The highest BCUT2D eigenvalue weighted by Gasteiger charge is 2.30. The molecule has 4 rings (SSSR count). The summed E-state index contributed by atoms with van der Waals surface area (Å²) in [5, 5.41) is 15.9. The van der Waals surface area contributed by atoms with Crippen LogP contribution in [0.4, 0.5) is 17.2 Å². The zero-order chi connectivity index (χ0) is 36.2. The topological polar surface area (TPSA) is 68.1 Å². The minimum atomic E-state index is -0.361. The molecule has 0 fully saturated rings. The molecule has 0 spiro atoms. The van der Waals surface area contributed by atoms with Crippen LogP contribution in [0.2, 0.25) is 0 Å². The minimum Gasteiger partial charge on any atom is -0.333 e. The van der Waals surface area contributed by atoms with Gasteiger partial charge >= 0.3 is 5.69 Å². The summed E-state index contributed by atoms with van der Waals surface area (Å²) in [6.07, 6.45) is 1.61. The Morgan fingerprint density at radius 2 is 0.938 bits per heavy atom. The lowest BCUT2D eigenvalue weighted by Crippen LogP contribution is -2.18. The third kappa shape index (κ3) is 7.83. The zero-order valence-electron chi connectivity index (χ0n) is 32.1. The molecule has 1 heterocycles. The molecule has 5 nitrogen and oxygen atoms in total. The molecule has 256 valence electrons. The number of hydrogen-bond donors (Lipinski definition) is 1. The van der Waals surface area contributed by atoms with Crippen LogP contribution in [0.25, 0.3) is 22.3 Å². The van der Waals surface area contributed by atoms with Crippen molar-refractivity contribution in [2.75, 3.05) is 5.32 Å². The molecule has 1 N–H and O–H groups in total. The number of benzene rings is 3. The fraction of sp³-hybridized carbons (Fsp3) is 0.465. The normalized spacial score (nSPS) is 13.1. The van der Waals surface area contributed by atoms with E-state index in [1.807, 2.05) is 0 Å². The summed E-state index contributed by atoms with van der Waals surface area (Å²) in [6, 6.07) is 21.4. The lowest BCUT2D eigenvalue weighted by atomic mass is 9.74. The molecule has 5 heteroatoms. The van der Waals surface area contributed by atoms with Crippen LogP contribution in [0.1, 0.15) is 132 Å². The van der Waals surface area contributed by atoms with Crippen molar-refractivity contribution in [3.63, 3.8) is 0 Å². The molecule has 0 saturated heterocycles. The highest BCUT2D eigenvalue weighted by atomic mass is 16.6. The fourth-order valence-corrected chi connectivity index (χ4v) is 6.17. The van der Waals surface area contributed by atoms with Crippen LogP contribution < -0.4 is 5.32 Å². The van der Waals surface area contributed by atoms with Crippen molar-refractivity contribution in [1.29, 1.82) is 0 Å². The fourth-order valence-electron chi connectivity index (χ4n) is 6.17. The maximum absolute atomic E-state index is 12.3. The van der Waals surface area contributed by atoms with Gasteiger partial charge in [-0.05, 0) is 84.2 Å². The van der Waals surface area contributed by atoms with Gasteiger partial charge in [-0.2, -0.15) is 0 Å². The van der Waals surface area contributed by atoms with Crippen LogP contribution >= 0.6 is 0 Å². The molecule has 0 saturated carbocycles. The Morgan fingerprint density at radius 3 is 1.29 bits per heavy atom. The first-order valence-electron chi connectivity index (χ1n) is 17.2. The number of nitrogens with one attached hydrogen (secondary N) is 1. The summed E-state index contributed by atoms with van der Waals surface area (Å²) in [6.45, 7) is 33.7. The summed E-state index contributed by atoms with van der Waals surface area (Å²) in [5.41, 5.74) is 10.4. The minimum absolute atomic E-state index is 0.0618. The van der Waals surface area contributed by atoms with E-state index in [-0.39, 0.29) is 43.5 Å². The van der Waals surface area contributed by atoms with E-state index < -0.39 is 0 Å². The molecule has 1 aromatic heterocycles. The number of pyridine rings is 1. The predicted octanol–water partition coefficient (Wildman–Crippen LogP) is 12.6. The molecule has 0 aliphatic carbocycles. The number of nitrogens with zero attached hydrogens (tertiary/aromatic N) is 2. The maximum Gasteiger partial charge on any atom is 0.311 e. The molecule has 48 heavy (non-hydrogen) atoms. The highest BCUT2D eigenvalue weighted by molar-refractivity contribution is 5.96. The van der Waals surface area contributed by atoms with Crippen LogP contribution in [-0.2, 0) is 27.1 Å². The third-order valence-corrected chi connectivity index (χ3v) is 9.20. The van der Waals surface area contributed by atoms with Crippen molar-refractivity contribution in [2.45, 2.75) is 131 Å². The summed E-state index contributed by atoms with van der Waals surface area (Å²) >= 11 is 0. The molecule has 0 aliphatic heterocycles. The molecule has 0 amide bonds. The predicted molar refractivity (Wildman–Crippen MR) is 205 cm³/mol. The van der Waals surface area contributed by atoms with Gasteiger partial charge in [-0.15, -0.1) is 0 Å². The Kier molecular flexibility index (Phi) is 9.57. The highest BCUT2D eigenvalue weighted by Crippen LogP contribution is 2.49. The molecule has 3 aromatic carbocycles. The lowest BCUT2D eigenvalue weighted by molar-refractivity contribution is -0.384. The Hall–Kier alpha value is -3.99. The van der Waals surface area contributed by atoms with Gasteiger partial charge in [0.1, 0.15) is 0 Å². The van der Waals surface area contributed by atoms with Gasteiger partial charge in [0.2, 0.25) is 5.82 Å². The van der Waals surface area contributed by atoms with E-state index in [4.69, 9.17) is 0 Å². The van der Waals surface area contributed by atoms with Gasteiger partial charge in [-0.25, -0.2) is 4.98 Å². The second-order valence-corrected chi connectivity index (χ2v) is 18.5. The largest absolute Gasteiger partial charge is 0.333 e. The average Bonchev–Trinajstić information content (AvgIpc) is 2.94. The van der Waals surface area contributed by atoms with Crippen LogP contribution in [0, 0.1) is 10.1 Å². The van der Waals surface area contributed by atoms with E-state index >= 15 is 0 Å². The number of aromatic nitrogens is 1. The van der Waals surface area contributed by atoms with Crippen molar-refractivity contribution >= 4 is 17.2 Å². The van der Waals surface area contributed by atoms with Crippen molar-refractivity contribution < 1.29 is 4.92 Å². The molecule has 4 aromatic rings. The number of nitro groups is 1. The number of rotatable bonds is 5. The zero-order valence-corrected chi connectivity index (χ0v) is 32.1. The van der Waals surface area contributed by atoms with E-state index in [2.05, 4.69) is 163 Å². The molecular formula is C43H57N3O2. The van der Waals surface area contributed by atoms with Gasteiger partial charge in [-0.1, -0.05) is 140 Å². The molecule has 0 radical (unpaired) electrons. The Morgan fingerprint density at radius 1 is 0.542 bits per heavy atom. The van der Waals surface area contributed by atoms with Gasteiger partial charge in [0.05, 0.1) is 10.6 Å². The van der Waals surface area contributed by atoms with Gasteiger partial charge < -0.3 is 5.32 Å². The van der Waals surface area contributed by atoms with E-state index in [1.54, 1.807) is 12.3 Å². The summed E-state index contributed by atoms with van der Waals surface area (Å²) < 4.78 is 0. The third-order valence-electron chi connectivity index (χ3n) is 9.20. The number of anilines is 2. The molecule has 0 atom stereocenters. The Labute approximate surface area is 289 Å². The SMILES string of the molecule is CC(C)(C)c1ccc(C(C)(C)C)c(-c2cc(C(C)(C)C)cc(-c3cc(C(C)(C)C)ccc3C(C)(C)C)c2Nc2ncccc2[N+](=O)[O-])c1. The van der Waals surface area contributed by atoms with Gasteiger partial charge in [-0.3, -0.25) is 10.1 Å². The van der Waals surface area contributed by atoms with Gasteiger partial charge in [0.15, 0.2) is 0 Å². The monoisotopic (exact) mass is 647 g/mol. The van der Waals surface area contributed by atoms with Crippen LogP contribution in [0.3, 0.4) is 0 Å². The lowest BCUT2D eigenvalue weighted by Gasteiger charge is -2.32. The van der Waals surface area contributed by atoms with E-state index in [0.29, 0.717) is 0 Å². The summed E-state index contributed by atoms with van der Waals surface area (Å²) in [7, 11) is 0. The smallest absolute Gasteiger partial charge is 0.311 e. The van der Waals surface area contributed by atoms with Crippen molar-refractivity contribution in [3.8, 4) is 22.3 Å². The van der Waals surface area contributed by atoms with Gasteiger partial charge in [0.25, 0.3) is 0 Å². The number of hydrogen-bond acceptors (Lipinski definition) is 4. The summed E-state index contributed by atoms with van der Waals surface area (Å²) in [4.78, 5) is 16.5. The Balaban J connectivity index is 2.32. The first-order chi connectivity index (χ1) is 21.8. The van der Waals surface area contributed by atoms with E-state index in [1.165, 1.54) is 33.9 Å². The van der Waals surface area contributed by atoms with Crippen LogP contribution in [0.5, 0.6) is 0 Å². The quantitative estimate of drug-likeness (QED) is 0.173. The first-order valence-corrected chi connectivity index (χ1v) is 17.2. The molecule has 0 bridgehead atoms.